The van der Waals surface area contributed by atoms with Crippen molar-refractivity contribution in [1.82, 2.24) is 5.32 Å². The zero-order valence-corrected chi connectivity index (χ0v) is 10.1. The van der Waals surface area contributed by atoms with E-state index in [9.17, 15) is 0 Å². The highest BCUT2D eigenvalue weighted by Crippen LogP contribution is 2.39. The van der Waals surface area contributed by atoms with Crippen LogP contribution >= 0.6 is 11.3 Å². The lowest BCUT2D eigenvalue weighted by molar-refractivity contribution is -0.0926. The third-order valence-corrected chi connectivity index (χ3v) is 4.54. The molecular formula is C12H17NO2S. The molecule has 88 valence electrons. The summed E-state index contributed by atoms with van der Waals surface area (Å²) in [6.45, 7) is 4.51. The van der Waals surface area contributed by atoms with Crippen LogP contribution in [0.5, 0.6) is 0 Å². The summed E-state index contributed by atoms with van der Waals surface area (Å²) < 4.78 is 11.2. The summed E-state index contributed by atoms with van der Waals surface area (Å²) >= 11 is 1.84. The number of hydrogen-bond donors (Lipinski definition) is 1. The van der Waals surface area contributed by atoms with Crippen molar-refractivity contribution >= 4 is 11.3 Å². The smallest absolute Gasteiger partial charge is 0.0710 e. The quantitative estimate of drug-likeness (QED) is 0.865. The van der Waals surface area contributed by atoms with Crippen LogP contribution in [0.4, 0.5) is 0 Å². The lowest BCUT2D eigenvalue weighted by Gasteiger charge is -2.43. The highest BCUT2D eigenvalue weighted by molar-refractivity contribution is 7.10. The Balaban J connectivity index is 1.70. The molecule has 2 saturated heterocycles. The minimum Gasteiger partial charge on any atom is -0.379 e. The zero-order chi connectivity index (χ0) is 10.8. The van der Waals surface area contributed by atoms with E-state index in [0.717, 1.165) is 39.3 Å². The highest BCUT2D eigenvalue weighted by atomic mass is 32.1. The average molecular weight is 239 g/mol. The predicted molar refractivity (Wildman–Crippen MR) is 64.0 cm³/mol. The molecule has 3 heterocycles. The van der Waals surface area contributed by atoms with E-state index in [1.54, 1.807) is 0 Å². The molecule has 0 radical (unpaired) electrons. The summed E-state index contributed by atoms with van der Waals surface area (Å²) in [5, 5.41) is 5.54. The topological polar surface area (TPSA) is 30.5 Å². The number of ether oxygens (including phenoxy) is 2. The van der Waals surface area contributed by atoms with Gasteiger partial charge < -0.3 is 14.8 Å². The molecule has 1 N–H and O–H groups in total. The fourth-order valence-corrected chi connectivity index (χ4v) is 3.39. The van der Waals surface area contributed by atoms with Crippen molar-refractivity contribution in [3.05, 3.63) is 22.4 Å². The maximum Gasteiger partial charge on any atom is 0.0710 e. The normalized spacial score (nSPS) is 28.6. The first-order valence-electron chi connectivity index (χ1n) is 5.83. The van der Waals surface area contributed by atoms with E-state index in [1.807, 2.05) is 11.3 Å². The van der Waals surface area contributed by atoms with E-state index in [1.165, 1.54) is 4.88 Å². The average Bonchev–Trinajstić information content (AvgIpc) is 2.78. The van der Waals surface area contributed by atoms with Gasteiger partial charge in [-0.15, -0.1) is 11.3 Å². The minimum atomic E-state index is 0.234. The molecule has 3 rings (SSSR count). The van der Waals surface area contributed by atoms with Crippen LogP contribution in [-0.2, 0) is 14.9 Å². The number of hydrogen-bond acceptors (Lipinski definition) is 4. The molecule has 1 unspecified atom stereocenters. The van der Waals surface area contributed by atoms with E-state index in [2.05, 4.69) is 22.8 Å². The van der Waals surface area contributed by atoms with Gasteiger partial charge in [-0.05, 0) is 17.9 Å². The summed E-state index contributed by atoms with van der Waals surface area (Å²) in [6, 6.07) is 4.35. The Morgan fingerprint density at radius 3 is 3.00 bits per heavy atom. The molecule has 0 aromatic carbocycles. The van der Waals surface area contributed by atoms with Crippen molar-refractivity contribution < 1.29 is 9.47 Å². The fraction of sp³-hybridized carbons (Fsp3) is 0.667. The summed E-state index contributed by atoms with van der Waals surface area (Å²) in [7, 11) is 0. The van der Waals surface area contributed by atoms with Crippen LogP contribution < -0.4 is 5.32 Å². The van der Waals surface area contributed by atoms with Crippen molar-refractivity contribution in [2.45, 2.75) is 17.9 Å². The van der Waals surface area contributed by atoms with Crippen LogP contribution in [0.3, 0.4) is 0 Å². The molecule has 4 heteroatoms. The Bertz CT molecular complexity index is 329. The molecular weight excluding hydrogens is 222 g/mol. The van der Waals surface area contributed by atoms with Gasteiger partial charge in [0, 0.05) is 18.0 Å². The van der Waals surface area contributed by atoms with Gasteiger partial charge in [-0.3, -0.25) is 0 Å². The Morgan fingerprint density at radius 2 is 2.44 bits per heavy atom. The largest absolute Gasteiger partial charge is 0.379 e. The maximum atomic E-state index is 5.79. The molecule has 1 aromatic rings. The summed E-state index contributed by atoms with van der Waals surface area (Å²) in [4.78, 5) is 1.45. The first kappa shape index (κ1) is 10.7. The van der Waals surface area contributed by atoms with E-state index in [-0.39, 0.29) is 5.41 Å². The van der Waals surface area contributed by atoms with E-state index in [4.69, 9.17) is 9.47 Å². The van der Waals surface area contributed by atoms with Gasteiger partial charge in [-0.25, -0.2) is 0 Å². The van der Waals surface area contributed by atoms with Gasteiger partial charge in [0.05, 0.1) is 31.3 Å². The molecule has 0 spiro atoms. The minimum absolute atomic E-state index is 0.234. The number of nitrogens with one attached hydrogen (secondary N) is 1. The first-order chi connectivity index (χ1) is 7.89. The van der Waals surface area contributed by atoms with Crippen molar-refractivity contribution in [1.29, 1.82) is 0 Å². The van der Waals surface area contributed by atoms with Crippen LogP contribution in [0.2, 0.25) is 0 Å². The molecule has 3 nitrogen and oxygen atoms in total. The molecule has 1 atom stereocenters. The molecule has 0 saturated carbocycles. The van der Waals surface area contributed by atoms with Crippen molar-refractivity contribution in [3.8, 4) is 0 Å². The monoisotopic (exact) mass is 239 g/mol. The Hall–Kier alpha value is -0.420. The Kier molecular flexibility index (Phi) is 2.98. The van der Waals surface area contributed by atoms with Crippen molar-refractivity contribution in [2.24, 2.45) is 0 Å². The van der Waals surface area contributed by atoms with E-state index >= 15 is 0 Å². The second-order valence-corrected chi connectivity index (χ2v) is 5.60. The van der Waals surface area contributed by atoms with Crippen LogP contribution in [-0.4, -0.2) is 39.0 Å². The molecule has 2 aliphatic rings. The van der Waals surface area contributed by atoms with Gasteiger partial charge in [0.15, 0.2) is 0 Å². The third-order valence-electron chi connectivity index (χ3n) is 3.42. The van der Waals surface area contributed by atoms with Crippen LogP contribution in [0, 0.1) is 0 Å². The summed E-state index contributed by atoms with van der Waals surface area (Å²) in [6.07, 6.45) is 1.43. The Morgan fingerprint density at radius 1 is 1.50 bits per heavy atom. The molecule has 0 bridgehead atoms. The first-order valence-corrected chi connectivity index (χ1v) is 6.71. The molecule has 2 aliphatic heterocycles. The third kappa shape index (κ3) is 1.91. The highest BCUT2D eigenvalue weighted by Gasteiger charge is 2.43. The second kappa shape index (κ2) is 4.45. The van der Waals surface area contributed by atoms with Gasteiger partial charge >= 0.3 is 0 Å². The molecule has 16 heavy (non-hydrogen) atoms. The molecule has 2 fully saturated rings. The number of thiophene rings is 1. The number of morpholine rings is 1. The van der Waals surface area contributed by atoms with Gasteiger partial charge in [-0.1, -0.05) is 6.07 Å². The lowest BCUT2D eigenvalue weighted by atomic mass is 9.79. The van der Waals surface area contributed by atoms with Crippen molar-refractivity contribution in [2.75, 3.05) is 32.9 Å². The van der Waals surface area contributed by atoms with Gasteiger partial charge in [0.1, 0.15) is 0 Å². The van der Waals surface area contributed by atoms with E-state index < -0.39 is 0 Å². The zero-order valence-electron chi connectivity index (χ0n) is 9.28. The predicted octanol–water partition coefficient (Wildman–Crippen LogP) is 1.39. The standard InChI is InChI=1S/C12H17NO2S/c1-2-11(16-5-1)12(8-14-9-12)6-10-7-13-3-4-15-10/h1-2,5,10,13H,3-4,6-9H2. The molecule has 0 amide bonds. The summed E-state index contributed by atoms with van der Waals surface area (Å²) in [5.41, 5.74) is 0.234. The number of rotatable bonds is 3. The second-order valence-electron chi connectivity index (χ2n) is 4.65. The van der Waals surface area contributed by atoms with Gasteiger partial charge in [0.2, 0.25) is 0 Å². The van der Waals surface area contributed by atoms with Gasteiger partial charge in [0.25, 0.3) is 0 Å². The lowest BCUT2D eigenvalue weighted by Crippen LogP contribution is -2.51. The Labute approximate surface area is 99.8 Å². The van der Waals surface area contributed by atoms with Crippen LogP contribution in [0.1, 0.15) is 11.3 Å². The summed E-state index contributed by atoms with van der Waals surface area (Å²) in [5.74, 6) is 0. The molecule has 1 aromatic heterocycles. The van der Waals surface area contributed by atoms with Crippen LogP contribution in [0.15, 0.2) is 17.5 Å². The maximum absolute atomic E-state index is 5.79. The van der Waals surface area contributed by atoms with Crippen LogP contribution in [0.25, 0.3) is 0 Å². The van der Waals surface area contributed by atoms with Crippen molar-refractivity contribution in [3.63, 3.8) is 0 Å². The molecule has 0 aliphatic carbocycles. The fourth-order valence-electron chi connectivity index (χ4n) is 2.48. The SMILES string of the molecule is c1csc(C2(CC3CNCCO3)COC2)c1. The van der Waals surface area contributed by atoms with Gasteiger partial charge in [-0.2, -0.15) is 0 Å². The van der Waals surface area contributed by atoms with E-state index in [0.29, 0.717) is 6.10 Å².